The SMILES string of the molecule is CCc1ncnc(NC(C)CN(C)Cc2ccccc2)c1F. The number of hydrogen-bond acceptors (Lipinski definition) is 4. The Labute approximate surface area is 131 Å². The number of halogens is 1. The van der Waals surface area contributed by atoms with Crippen LogP contribution in [0.25, 0.3) is 0 Å². The van der Waals surface area contributed by atoms with E-state index in [0.29, 0.717) is 12.1 Å². The monoisotopic (exact) mass is 302 g/mol. The predicted octanol–water partition coefficient (Wildman–Crippen LogP) is 3.11. The van der Waals surface area contributed by atoms with Crippen LogP contribution in [0.5, 0.6) is 0 Å². The summed E-state index contributed by atoms with van der Waals surface area (Å²) >= 11 is 0. The molecule has 0 bridgehead atoms. The second-order valence-electron chi connectivity index (χ2n) is 5.56. The number of anilines is 1. The van der Waals surface area contributed by atoms with E-state index in [-0.39, 0.29) is 17.7 Å². The van der Waals surface area contributed by atoms with Gasteiger partial charge in [0.2, 0.25) is 0 Å². The van der Waals surface area contributed by atoms with Gasteiger partial charge in [-0.25, -0.2) is 14.4 Å². The normalized spacial score (nSPS) is 12.4. The largest absolute Gasteiger partial charge is 0.364 e. The molecule has 0 saturated heterocycles. The van der Waals surface area contributed by atoms with E-state index >= 15 is 0 Å². The van der Waals surface area contributed by atoms with E-state index in [1.54, 1.807) is 0 Å². The van der Waals surface area contributed by atoms with Crippen LogP contribution in [0.2, 0.25) is 0 Å². The van der Waals surface area contributed by atoms with Gasteiger partial charge in [0, 0.05) is 19.1 Å². The number of aromatic nitrogens is 2. The van der Waals surface area contributed by atoms with Gasteiger partial charge in [0.05, 0.1) is 5.69 Å². The van der Waals surface area contributed by atoms with Gasteiger partial charge in [-0.05, 0) is 26.0 Å². The summed E-state index contributed by atoms with van der Waals surface area (Å²) in [5.41, 5.74) is 1.71. The second kappa shape index (κ2) is 7.84. The van der Waals surface area contributed by atoms with Crippen molar-refractivity contribution in [2.24, 2.45) is 0 Å². The van der Waals surface area contributed by atoms with Crippen molar-refractivity contribution in [2.75, 3.05) is 18.9 Å². The Hall–Kier alpha value is -2.01. The minimum absolute atomic E-state index is 0.0859. The average molecular weight is 302 g/mol. The summed E-state index contributed by atoms with van der Waals surface area (Å²) in [5, 5.41) is 3.13. The molecule has 0 aliphatic heterocycles. The fourth-order valence-corrected chi connectivity index (χ4v) is 2.46. The first-order valence-corrected chi connectivity index (χ1v) is 7.58. The molecule has 2 aromatic rings. The van der Waals surface area contributed by atoms with Crippen molar-refractivity contribution in [3.63, 3.8) is 0 Å². The van der Waals surface area contributed by atoms with Crippen molar-refractivity contribution in [1.82, 2.24) is 14.9 Å². The summed E-state index contributed by atoms with van der Waals surface area (Å²) in [5.74, 6) is -0.0602. The molecule has 0 aliphatic carbocycles. The molecule has 0 radical (unpaired) electrons. The number of hydrogen-bond donors (Lipinski definition) is 1. The van der Waals surface area contributed by atoms with Gasteiger partial charge >= 0.3 is 0 Å². The lowest BCUT2D eigenvalue weighted by Crippen LogP contribution is -2.32. The van der Waals surface area contributed by atoms with Gasteiger partial charge < -0.3 is 10.2 Å². The van der Waals surface area contributed by atoms with Crippen LogP contribution in [0, 0.1) is 5.82 Å². The molecule has 0 fully saturated rings. The van der Waals surface area contributed by atoms with Gasteiger partial charge in [0.25, 0.3) is 0 Å². The summed E-state index contributed by atoms with van der Waals surface area (Å²) in [4.78, 5) is 10.1. The standard InChI is InChI=1S/C17H23FN4/c1-4-15-16(18)17(20-12-19-15)21-13(2)10-22(3)11-14-8-6-5-7-9-14/h5-9,12-13H,4,10-11H2,1-3H3,(H,19,20,21). The quantitative estimate of drug-likeness (QED) is 0.853. The van der Waals surface area contributed by atoms with E-state index in [2.05, 4.69) is 39.4 Å². The van der Waals surface area contributed by atoms with Gasteiger partial charge in [0.15, 0.2) is 11.6 Å². The molecule has 1 aromatic carbocycles. The molecule has 0 aliphatic rings. The van der Waals surface area contributed by atoms with Crippen LogP contribution in [-0.2, 0) is 13.0 Å². The lowest BCUT2D eigenvalue weighted by Gasteiger charge is -2.23. The number of rotatable bonds is 7. The van der Waals surface area contributed by atoms with Crippen LogP contribution in [0.4, 0.5) is 10.2 Å². The van der Waals surface area contributed by atoms with E-state index in [0.717, 1.165) is 13.1 Å². The summed E-state index contributed by atoms with van der Waals surface area (Å²) in [6.45, 7) is 5.56. The van der Waals surface area contributed by atoms with Crippen molar-refractivity contribution in [3.8, 4) is 0 Å². The summed E-state index contributed by atoms with van der Waals surface area (Å²) < 4.78 is 14.1. The highest BCUT2D eigenvalue weighted by molar-refractivity contribution is 5.38. The molecule has 118 valence electrons. The number of aryl methyl sites for hydroxylation is 1. The maximum atomic E-state index is 14.1. The van der Waals surface area contributed by atoms with Gasteiger partial charge in [-0.3, -0.25) is 0 Å². The molecule has 0 amide bonds. The molecular formula is C17H23FN4. The molecule has 4 nitrogen and oxygen atoms in total. The van der Waals surface area contributed by atoms with Gasteiger partial charge in [-0.2, -0.15) is 0 Å². The van der Waals surface area contributed by atoms with Crippen molar-refractivity contribution < 1.29 is 4.39 Å². The number of benzene rings is 1. The predicted molar refractivity (Wildman–Crippen MR) is 87.2 cm³/mol. The first-order chi connectivity index (χ1) is 10.6. The first-order valence-electron chi connectivity index (χ1n) is 7.58. The lowest BCUT2D eigenvalue weighted by molar-refractivity contribution is 0.316. The molecular weight excluding hydrogens is 279 g/mol. The van der Waals surface area contributed by atoms with Crippen molar-refractivity contribution in [2.45, 2.75) is 32.9 Å². The van der Waals surface area contributed by atoms with E-state index in [9.17, 15) is 4.39 Å². The van der Waals surface area contributed by atoms with Crippen LogP contribution in [0.15, 0.2) is 36.7 Å². The van der Waals surface area contributed by atoms with Gasteiger partial charge in [0.1, 0.15) is 6.33 Å². The number of nitrogens with one attached hydrogen (secondary N) is 1. The van der Waals surface area contributed by atoms with Crippen LogP contribution in [0.1, 0.15) is 25.1 Å². The van der Waals surface area contributed by atoms with Crippen LogP contribution in [0.3, 0.4) is 0 Å². The molecule has 5 heteroatoms. The van der Waals surface area contributed by atoms with Crippen LogP contribution < -0.4 is 5.32 Å². The molecule has 0 saturated carbocycles. The van der Waals surface area contributed by atoms with Crippen LogP contribution in [-0.4, -0.2) is 34.5 Å². The Morgan fingerprint density at radius 3 is 2.64 bits per heavy atom. The van der Waals surface area contributed by atoms with Crippen molar-refractivity contribution in [3.05, 3.63) is 53.7 Å². The van der Waals surface area contributed by atoms with Gasteiger partial charge in [-0.1, -0.05) is 37.3 Å². The molecule has 1 atom stereocenters. The smallest absolute Gasteiger partial charge is 0.186 e. The zero-order chi connectivity index (χ0) is 15.9. The summed E-state index contributed by atoms with van der Waals surface area (Å²) in [6.07, 6.45) is 1.97. The zero-order valence-electron chi connectivity index (χ0n) is 13.4. The van der Waals surface area contributed by atoms with E-state index in [1.807, 2.05) is 32.0 Å². The molecule has 22 heavy (non-hydrogen) atoms. The van der Waals surface area contributed by atoms with Gasteiger partial charge in [-0.15, -0.1) is 0 Å². The highest BCUT2D eigenvalue weighted by Crippen LogP contribution is 2.14. The molecule has 1 heterocycles. The lowest BCUT2D eigenvalue weighted by atomic mass is 10.2. The molecule has 1 unspecified atom stereocenters. The van der Waals surface area contributed by atoms with E-state index in [4.69, 9.17) is 0 Å². The fourth-order valence-electron chi connectivity index (χ4n) is 2.46. The maximum Gasteiger partial charge on any atom is 0.186 e. The minimum atomic E-state index is -0.345. The summed E-state index contributed by atoms with van der Waals surface area (Å²) in [7, 11) is 2.05. The molecule has 1 aromatic heterocycles. The Balaban J connectivity index is 1.91. The fraction of sp³-hybridized carbons (Fsp3) is 0.412. The summed E-state index contributed by atoms with van der Waals surface area (Å²) in [6, 6.07) is 10.4. The Morgan fingerprint density at radius 2 is 1.95 bits per heavy atom. The highest BCUT2D eigenvalue weighted by Gasteiger charge is 2.13. The van der Waals surface area contributed by atoms with Crippen molar-refractivity contribution in [1.29, 1.82) is 0 Å². The Morgan fingerprint density at radius 1 is 1.23 bits per heavy atom. The first kappa shape index (κ1) is 16.4. The Bertz CT molecular complexity index is 588. The molecule has 0 spiro atoms. The highest BCUT2D eigenvalue weighted by atomic mass is 19.1. The number of nitrogens with zero attached hydrogens (tertiary/aromatic N) is 3. The second-order valence-corrected chi connectivity index (χ2v) is 5.56. The topological polar surface area (TPSA) is 41.1 Å². The molecule has 1 N–H and O–H groups in total. The van der Waals surface area contributed by atoms with Crippen molar-refractivity contribution >= 4 is 5.82 Å². The number of likely N-dealkylation sites (N-methyl/N-ethyl adjacent to an activating group) is 1. The zero-order valence-corrected chi connectivity index (χ0v) is 13.4. The average Bonchev–Trinajstić information content (AvgIpc) is 2.50. The van der Waals surface area contributed by atoms with E-state index in [1.165, 1.54) is 11.9 Å². The molecule has 2 rings (SSSR count). The third-order valence-electron chi connectivity index (χ3n) is 3.46. The Kier molecular flexibility index (Phi) is 5.83. The minimum Gasteiger partial charge on any atom is -0.364 e. The third-order valence-corrected chi connectivity index (χ3v) is 3.46. The van der Waals surface area contributed by atoms with Crippen LogP contribution >= 0.6 is 0 Å². The van der Waals surface area contributed by atoms with E-state index < -0.39 is 0 Å². The third kappa shape index (κ3) is 4.49. The maximum absolute atomic E-state index is 14.1.